The van der Waals surface area contributed by atoms with Gasteiger partial charge in [-0.05, 0) is 19.3 Å². The van der Waals surface area contributed by atoms with Gasteiger partial charge in [-0.1, -0.05) is 40.0 Å². The van der Waals surface area contributed by atoms with Gasteiger partial charge in [0.15, 0.2) is 24.3 Å². The Morgan fingerprint density at radius 3 is 2.12 bits per heavy atom. The summed E-state index contributed by atoms with van der Waals surface area (Å²) < 4.78 is 47.0. The van der Waals surface area contributed by atoms with Gasteiger partial charge in [0.05, 0.1) is 31.0 Å². The Balaban J connectivity index is 2.60. The zero-order valence-electron chi connectivity index (χ0n) is 29.3. The summed E-state index contributed by atoms with van der Waals surface area (Å²) in [6.07, 6.45) is -6.82. The van der Waals surface area contributed by atoms with Crippen LogP contribution in [0.15, 0.2) is 0 Å². The molecule has 2 aliphatic rings. The first-order valence-corrected chi connectivity index (χ1v) is 17.1. The van der Waals surface area contributed by atoms with Crippen LogP contribution in [-0.2, 0) is 52.3 Å². The highest BCUT2D eigenvalue weighted by Gasteiger charge is 2.60. The number of hydrogen-bond acceptors (Lipinski definition) is 15. The third-order valence-corrected chi connectivity index (χ3v) is 8.73. The second kappa shape index (κ2) is 21.4. The largest absolute Gasteiger partial charge is 0.462 e. The summed E-state index contributed by atoms with van der Waals surface area (Å²) in [5, 5.41) is 34.9. The predicted octanol–water partition coefficient (Wildman–Crippen LogP) is 0.793. The molecule has 48 heavy (non-hydrogen) atoms. The number of carbonyl (C=O) groups excluding carboxylic acids is 3. The smallest absolute Gasteiger partial charge is 0.303 e. The van der Waals surface area contributed by atoms with E-state index in [1.54, 1.807) is 0 Å². The van der Waals surface area contributed by atoms with E-state index in [0.29, 0.717) is 32.3 Å². The Morgan fingerprint density at radius 2 is 1.58 bits per heavy atom. The Kier molecular flexibility index (Phi) is 18.9. The highest BCUT2D eigenvalue weighted by atomic mass is 16.7. The van der Waals surface area contributed by atoms with Crippen LogP contribution in [0.25, 0.3) is 0 Å². The van der Waals surface area contributed by atoms with Crippen LogP contribution >= 0.6 is 0 Å². The molecule has 2 fully saturated rings. The lowest BCUT2D eigenvalue weighted by Crippen LogP contribution is -2.71. The maximum Gasteiger partial charge on any atom is 0.303 e. The number of ether oxygens (including phenoxy) is 8. The van der Waals surface area contributed by atoms with Crippen molar-refractivity contribution in [3.63, 3.8) is 0 Å². The van der Waals surface area contributed by atoms with E-state index >= 15 is 0 Å². The lowest BCUT2D eigenvalue weighted by molar-refractivity contribution is -0.325. The molecule has 2 rings (SSSR count). The molecule has 0 bridgehead atoms. The normalized spacial score (nSPS) is 32.6. The molecule has 0 radical (unpaired) electrons. The van der Waals surface area contributed by atoms with Crippen LogP contribution < -0.4 is 5.73 Å². The molecular weight excluding hydrogens is 634 g/mol. The van der Waals surface area contributed by atoms with E-state index in [9.17, 15) is 29.7 Å². The van der Waals surface area contributed by atoms with Crippen molar-refractivity contribution in [2.45, 2.75) is 146 Å². The molecule has 0 spiro atoms. The second-order valence-corrected chi connectivity index (χ2v) is 12.6. The highest BCUT2D eigenvalue weighted by Crippen LogP contribution is 2.42. The van der Waals surface area contributed by atoms with Gasteiger partial charge < -0.3 is 63.7 Å². The van der Waals surface area contributed by atoms with E-state index in [-0.39, 0.29) is 13.2 Å². The number of hydrogen-bond donors (Lipinski definition) is 4. The summed E-state index contributed by atoms with van der Waals surface area (Å²) in [5.74, 6) is -2.52. The number of esters is 2. The standard InChI is InChI=1S/C33H59NO14/c1-7-10-13-42-17-24-28(43-14-11-8-2)25(29(32(41-6)47-24)44-15-12-9-3)31(40)33(19-35)16-22(38)26(34)30(48-33)27(39)23(46-21(5)37)18-45-20(4)36/h19,22-32,38-40H,7-18,34H2,1-6H3/t22-,23-,24?,25?,26-,27-,28+,29+,30?,31?,32-,33-/m1/s1. The quantitative estimate of drug-likeness (QED) is 0.0702. The van der Waals surface area contributed by atoms with Gasteiger partial charge in [0.1, 0.15) is 31.0 Å². The number of rotatable bonds is 22. The molecule has 0 aromatic rings. The molecule has 15 nitrogen and oxygen atoms in total. The van der Waals surface area contributed by atoms with Crippen LogP contribution in [-0.4, -0.2) is 140 Å². The van der Waals surface area contributed by atoms with Crippen molar-refractivity contribution in [3.05, 3.63) is 0 Å². The average molecular weight is 694 g/mol. The minimum absolute atomic E-state index is 0.103. The van der Waals surface area contributed by atoms with E-state index < -0.39 is 97.6 Å². The summed E-state index contributed by atoms with van der Waals surface area (Å²) in [4.78, 5) is 36.5. The first-order valence-electron chi connectivity index (χ1n) is 17.1. The predicted molar refractivity (Wildman–Crippen MR) is 171 cm³/mol. The molecule has 2 aliphatic heterocycles. The highest BCUT2D eigenvalue weighted by molar-refractivity contribution is 5.67. The number of unbranched alkanes of at least 4 members (excludes halogenated alkanes) is 3. The van der Waals surface area contributed by atoms with Gasteiger partial charge in [0.25, 0.3) is 0 Å². The molecule has 4 unspecified atom stereocenters. The summed E-state index contributed by atoms with van der Waals surface area (Å²) >= 11 is 0. The monoisotopic (exact) mass is 693 g/mol. The van der Waals surface area contributed by atoms with Crippen molar-refractivity contribution in [2.24, 2.45) is 11.7 Å². The third-order valence-electron chi connectivity index (χ3n) is 8.73. The van der Waals surface area contributed by atoms with Gasteiger partial charge in [-0.15, -0.1) is 0 Å². The molecule has 12 atom stereocenters. The van der Waals surface area contributed by atoms with Crippen LogP contribution in [0.1, 0.15) is 79.6 Å². The average Bonchev–Trinajstić information content (AvgIpc) is 3.06. The number of aliphatic hydroxyl groups excluding tert-OH is 3. The van der Waals surface area contributed by atoms with Gasteiger partial charge in [-0.2, -0.15) is 0 Å². The summed E-state index contributed by atoms with van der Waals surface area (Å²) in [7, 11) is 1.44. The van der Waals surface area contributed by atoms with E-state index in [1.807, 2.05) is 20.8 Å². The van der Waals surface area contributed by atoms with Crippen LogP contribution in [0.4, 0.5) is 0 Å². The number of aliphatic hydroxyl groups is 3. The Labute approximate surface area is 284 Å². The summed E-state index contributed by atoms with van der Waals surface area (Å²) in [6, 6.07) is -1.29. The molecule has 15 heteroatoms. The Hall–Kier alpha value is -1.79. The Bertz CT molecular complexity index is 957. The fraction of sp³-hybridized carbons (Fsp3) is 0.909. The van der Waals surface area contributed by atoms with Gasteiger partial charge in [-0.25, -0.2) is 0 Å². The van der Waals surface area contributed by atoms with E-state index in [1.165, 1.54) is 7.11 Å². The molecule has 0 saturated carbocycles. The van der Waals surface area contributed by atoms with Crippen LogP contribution in [0.2, 0.25) is 0 Å². The summed E-state index contributed by atoms with van der Waals surface area (Å²) in [6.45, 7) is 8.91. The molecule has 0 aromatic carbocycles. The van der Waals surface area contributed by atoms with Crippen molar-refractivity contribution in [3.8, 4) is 0 Å². The minimum atomic E-state index is -2.16. The topological polar surface area (TPSA) is 212 Å². The van der Waals surface area contributed by atoms with Gasteiger partial charge in [-0.3, -0.25) is 9.59 Å². The van der Waals surface area contributed by atoms with Crippen molar-refractivity contribution >= 4 is 18.2 Å². The van der Waals surface area contributed by atoms with Crippen LogP contribution in [0.5, 0.6) is 0 Å². The molecule has 0 aliphatic carbocycles. The summed E-state index contributed by atoms with van der Waals surface area (Å²) in [5.41, 5.74) is 4.12. The second-order valence-electron chi connectivity index (χ2n) is 12.6. The van der Waals surface area contributed by atoms with Crippen molar-refractivity contribution in [1.82, 2.24) is 0 Å². The zero-order chi connectivity index (χ0) is 35.9. The van der Waals surface area contributed by atoms with Crippen LogP contribution in [0.3, 0.4) is 0 Å². The molecule has 5 N–H and O–H groups in total. The SMILES string of the molecule is CCCCOCC1O[C@@H](OC)[C@@H](OCCCC)C(C(O)[C@]2(C=O)C[C@@H](O)[C@@H](N)C([C@H](O)[C@@H](COC(C)=O)OC(C)=O)O2)[C@H]1OCCCC. The van der Waals surface area contributed by atoms with Crippen molar-refractivity contribution < 1.29 is 67.6 Å². The van der Waals surface area contributed by atoms with Crippen molar-refractivity contribution in [2.75, 3.05) is 40.1 Å². The van der Waals surface area contributed by atoms with E-state index in [4.69, 9.17) is 43.6 Å². The number of nitrogens with two attached hydrogens (primary N) is 1. The molecule has 280 valence electrons. The van der Waals surface area contributed by atoms with Gasteiger partial charge in [0.2, 0.25) is 0 Å². The number of aldehydes is 1. The third kappa shape index (κ3) is 11.6. The lowest BCUT2D eigenvalue weighted by Gasteiger charge is -2.53. The molecule has 2 saturated heterocycles. The molecule has 2 heterocycles. The van der Waals surface area contributed by atoms with Crippen molar-refractivity contribution in [1.29, 1.82) is 0 Å². The Morgan fingerprint density at radius 1 is 0.979 bits per heavy atom. The van der Waals surface area contributed by atoms with Crippen LogP contribution in [0, 0.1) is 5.92 Å². The fourth-order valence-corrected chi connectivity index (χ4v) is 6.06. The fourth-order valence-electron chi connectivity index (χ4n) is 6.06. The maximum absolute atomic E-state index is 13.1. The number of carbonyl (C=O) groups is 3. The first-order chi connectivity index (χ1) is 22.9. The number of methoxy groups -OCH3 is 1. The molecular formula is C33H59NO14. The zero-order valence-corrected chi connectivity index (χ0v) is 29.3. The molecule has 0 aromatic heterocycles. The minimum Gasteiger partial charge on any atom is -0.462 e. The van der Waals surface area contributed by atoms with E-state index in [2.05, 4.69) is 0 Å². The van der Waals surface area contributed by atoms with Gasteiger partial charge >= 0.3 is 11.9 Å². The van der Waals surface area contributed by atoms with E-state index in [0.717, 1.165) is 39.5 Å². The maximum atomic E-state index is 13.1. The van der Waals surface area contributed by atoms with Gasteiger partial charge in [0, 0.05) is 53.1 Å². The molecule has 0 amide bonds. The lowest BCUT2D eigenvalue weighted by atomic mass is 9.73. The first kappa shape index (κ1) is 42.4.